The van der Waals surface area contributed by atoms with Gasteiger partial charge in [0.15, 0.2) is 0 Å². The molecule has 2 fully saturated rings. The van der Waals surface area contributed by atoms with Crippen LogP contribution in [0.1, 0.15) is 31.2 Å². The Morgan fingerprint density at radius 3 is 3.18 bits per heavy atom. The smallest absolute Gasteiger partial charge is 0.149 e. The second-order valence-electron chi connectivity index (χ2n) is 5.32. The number of hydrogen-bond acceptors (Lipinski definition) is 4. The normalized spacial score (nSPS) is 29.0. The minimum atomic E-state index is 0.574. The molecular formula is C13H20N4. The molecule has 0 bridgehead atoms. The van der Waals surface area contributed by atoms with Gasteiger partial charge in [0.05, 0.1) is 6.20 Å². The monoisotopic (exact) mass is 232 g/mol. The summed E-state index contributed by atoms with van der Waals surface area (Å²) in [6, 6.07) is 3.46. The average Bonchev–Trinajstić information content (AvgIpc) is 2.76. The van der Waals surface area contributed by atoms with E-state index in [4.69, 9.17) is 0 Å². The van der Waals surface area contributed by atoms with Crippen molar-refractivity contribution >= 4 is 5.82 Å². The molecule has 3 rings (SSSR count). The Morgan fingerprint density at radius 1 is 1.35 bits per heavy atom. The largest absolute Gasteiger partial charge is 0.366 e. The van der Waals surface area contributed by atoms with E-state index in [9.17, 15) is 0 Å². The summed E-state index contributed by atoms with van der Waals surface area (Å²) in [6.07, 6.45) is 7.03. The van der Waals surface area contributed by atoms with Gasteiger partial charge in [-0.05, 0) is 50.8 Å². The molecule has 0 aromatic carbocycles. The van der Waals surface area contributed by atoms with Crippen molar-refractivity contribution in [3.8, 4) is 0 Å². The van der Waals surface area contributed by atoms with Gasteiger partial charge >= 0.3 is 0 Å². The third kappa shape index (κ3) is 2.41. The van der Waals surface area contributed by atoms with Gasteiger partial charge in [-0.15, -0.1) is 5.10 Å². The van der Waals surface area contributed by atoms with E-state index in [1.165, 1.54) is 44.3 Å². The van der Waals surface area contributed by atoms with Crippen molar-refractivity contribution in [2.45, 2.75) is 44.7 Å². The Hall–Kier alpha value is -1.16. The van der Waals surface area contributed by atoms with Gasteiger partial charge in [-0.2, -0.15) is 5.10 Å². The van der Waals surface area contributed by atoms with Gasteiger partial charge in [-0.3, -0.25) is 0 Å². The number of hydrogen-bond donors (Lipinski definition) is 1. The Morgan fingerprint density at radius 2 is 2.29 bits per heavy atom. The third-order valence-electron chi connectivity index (χ3n) is 3.96. The molecule has 0 saturated carbocycles. The van der Waals surface area contributed by atoms with Gasteiger partial charge in [-0.25, -0.2) is 0 Å². The quantitative estimate of drug-likeness (QED) is 0.844. The van der Waals surface area contributed by atoms with Gasteiger partial charge in [0.25, 0.3) is 0 Å². The molecule has 2 saturated heterocycles. The fraction of sp³-hybridized carbons (Fsp3) is 0.692. The maximum Gasteiger partial charge on any atom is 0.149 e. The zero-order valence-electron chi connectivity index (χ0n) is 10.4. The Bertz CT molecular complexity index is 393. The molecule has 4 nitrogen and oxygen atoms in total. The van der Waals surface area contributed by atoms with Crippen molar-refractivity contribution in [1.29, 1.82) is 0 Å². The van der Waals surface area contributed by atoms with E-state index in [0.717, 1.165) is 11.9 Å². The molecule has 1 aromatic rings. The number of aryl methyl sites for hydroxylation is 1. The van der Waals surface area contributed by atoms with Crippen molar-refractivity contribution in [2.24, 2.45) is 0 Å². The zero-order valence-corrected chi connectivity index (χ0v) is 10.4. The molecule has 4 heteroatoms. The fourth-order valence-corrected chi connectivity index (χ4v) is 3.10. The van der Waals surface area contributed by atoms with Crippen LogP contribution in [0.25, 0.3) is 0 Å². The summed E-state index contributed by atoms with van der Waals surface area (Å²) in [4.78, 5) is 2.64. The van der Waals surface area contributed by atoms with E-state index >= 15 is 0 Å². The van der Waals surface area contributed by atoms with E-state index in [1.807, 2.05) is 0 Å². The highest BCUT2D eigenvalue weighted by Crippen LogP contribution is 2.28. The number of piperidine rings is 1. The van der Waals surface area contributed by atoms with Gasteiger partial charge < -0.3 is 10.2 Å². The summed E-state index contributed by atoms with van der Waals surface area (Å²) in [5, 5.41) is 11.7. The van der Waals surface area contributed by atoms with Crippen molar-refractivity contribution in [3.05, 3.63) is 17.8 Å². The molecule has 2 atom stereocenters. The number of nitrogens with one attached hydrogen (secondary N) is 1. The van der Waals surface area contributed by atoms with Gasteiger partial charge in [-0.1, -0.05) is 0 Å². The Balaban J connectivity index is 1.62. The first-order valence-electron chi connectivity index (χ1n) is 6.61. The first-order valence-corrected chi connectivity index (χ1v) is 6.61. The fourth-order valence-electron chi connectivity index (χ4n) is 3.10. The SMILES string of the molecule is Cc1cnnc(NC2CCN3CCCC3C2)c1. The minimum absolute atomic E-state index is 0.574. The minimum Gasteiger partial charge on any atom is -0.366 e. The van der Waals surface area contributed by atoms with Gasteiger partial charge in [0.2, 0.25) is 0 Å². The summed E-state index contributed by atoms with van der Waals surface area (Å²) >= 11 is 0. The molecule has 3 heterocycles. The van der Waals surface area contributed by atoms with E-state index in [-0.39, 0.29) is 0 Å². The highest BCUT2D eigenvalue weighted by Gasteiger charge is 2.31. The van der Waals surface area contributed by atoms with Crippen LogP contribution in [0.5, 0.6) is 0 Å². The van der Waals surface area contributed by atoms with Crippen molar-refractivity contribution in [3.63, 3.8) is 0 Å². The van der Waals surface area contributed by atoms with Crippen LogP contribution >= 0.6 is 0 Å². The van der Waals surface area contributed by atoms with Gasteiger partial charge in [0.1, 0.15) is 5.82 Å². The number of rotatable bonds is 2. The van der Waals surface area contributed by atoms with Gasteiger partial charge in [0, 0.05) is 18.6 Å². The summed E-state index contributed by atoms with van der Waals surface area (Å²) < 4.78 is 0. The average molecular weight is 232 g/mol. The standard InChI is InChI=1S/C13H20N4/c1-10-7-13(16-14-9-10)15-11-4-6-17-5-2-3-12(17)8-11/h7,9,11-12H,2-6,8H2,1H3,(H,15,16). The van der Waals surface area contributed by atoms with E-state index in [2.05, 4.69) is 33.4 Å². The lowest BCUT2D eigenvalue weighted by atomic mass is 9.97. The summed E-state index contributed by atoms with van der Waals surface area (Å²) in [7, 11) is 0. The van der Waals surface area contributed by atoms with Crippen LogP contribution in [0.4, 0.5) is 5.82 Å². The molecular weight excluding hydrogens is 212 g/mol. The Labute approximate surface area is 102 Å². The van der Waals surface area contributed by atoms with Crippen LogP contribution < -0.4 is 5.32 Å². The second kappa shape index (κ2) is 4.61. The van der Waals surface area contributed by atoms with Crippen LogP contribution in [0.15, 0.2) is 12.3 Å². The van der Waals surface area contributed by atoms with Crippen molar-refractivity contribution in [2.75, 3.05) is 18.4 Å². The maximum absolute atomic E-state index is 4.14. The lowest BCUT2D eigenvalue weighted by Gasteiger charge is -2.35. The topological polar surface area (TPSA) is 41.1 Å². The highest BCUT2D eigenvalue weighted by molar-refractivity contribution is 5.36. The zero-order chi connectivity index (χ0) is 11.7. The molecule has 0 radical (unpaired) electrons. The number of fused-ring (bicyclic) bond motifs is 1. The van der Waals surface area contributed by atoms with Crippen molar-refractivity contribution in [1.82, 2.24) is 15.1 Å². The molecule has 0 spiro atoms. The van der Waals surface area contributed by atoms with Crippen LogP contribution in [-0.4, -0.2) is 40.3 Å². The second-order valence-corrected chi connectivity index (χ2v) is 5.32. The number of aromatic nitrogens is 2. The molecule has 1 aromatic heterocycles. The first-order chi connectivity index (χ1) is 8.31. The molecule has 2 aliphatic heterocycles. The number of anilines is 1. The number of nitrogens with zero attached hydrogens (tertiary/aromatic N) is 3. The predicted molar refractivity (Wildman–Crippen MR) is 68.0 cm³/mol. The molecule has 2 unspecified atom stereocenters. The Kier molecular flexibility index (Phi) is 2.97. The molecule has 92 valence electrons. The van der Waals surface area contributed by atoms with Crippen LogP contribution in [0.3, 0.4) is 0 Å². The van der Waals surface area contributed by atoms with Crippen LogP contribution in [0.2, 0.25) is 0 Å². The van der Waals surface area contributed by atoms with Crippen molar-refractivity contribution < 1.29 is 0 Å². The molecule has 17 heavy (non-hydrogen) atoms. The lowest BCUT2D eigenvalue weighted by Crippen LogP contribution is -2.42. The van der Waals surface area contributed by atoms with E-state index in [0.29, 0.717) is 6.04 Å². The summed E-state index contributed by atoms with van der Waals surface area (Å²) in [5.41, 5.74) is 1.17. The third-order valence-corrected chi connectivity index (χ3v) is 3.96. The molecule has 0 amide bonds. The molecule has 0 aliphatic carbocycles. The van der Waals surface area contributed by atoms with E-state index in [1.54, 1.807) is 6.20 Å². The van der Waals surface area contributed by atoms with Crippen LogP contribution in [-0.2, 0) is 0 Å². The summed E-state index contributed by atoms with van der Waals surface area (Å²) in [6.45, 7) is 4.60. The first kappa shape index (κ1) is 11.0. The van der Waals surface area contributed by atoms with E-state index < -0.39 is 0 Å². The lowest BCUT2D eigenvalue weighted by molar-refractivity contribution is 0.188. The molecule has 1 N–H and O–H groups in total. The predicted octanol–water partition coefficient (Wildman–Crippen LogP) is 1.82. The highest BCUT2D eigenvalue weighted by atomic mass is 15.2. The molecule has 2 aliphatic rings. The summed E-state index contributed by atoms with van der Waals surface area (Å²) in [5.74, 6) is 0.932. The maximum atomic E-state index is 4.14. The van der Waals surface area contributed by atoms with Crippen LogP contribution in [0, 0.1) is 6.92 Å².